The highest BCUT2D eigenvalue weighted by molar-refractivity contribution is 5.85. The Morgan fingerprint density at radius 2 is 2.06 bits per heavy atom. The SMILES string of the molecule is CC(C)C(C#N)C(=O)N1CCC(C)(C(N)=O)C1. The maximum absolute atomic E-state index is 12.1. The molecule has 0 aliphatic carbocycles. The van der Waals surface area contributed by atoms with Crippen LogP contribution in [0.1, 0.15) is 27.2 Å². The van der Waals surface area contributed by atoms with Crippen LogP contribution in [0.5, 0.6) is 0 Å². The molecule has 2 amide bonds. The molecule has 94 valence electrons. The maximum atomic E-state index is 12.1. The molecule has 0 radical (unpaired) electrons. The molecular formula is C12H19N3O2. The number of amides is 2. The van der Waals surface area contributed by atoms with E-state index in [1.807, 2.05) is 19.9 Å². The summed E-state index contributed by atoms with van der Waals surface area (Å²) >= 11 is 0. The molecule has 2 N–H and O–H groups in total. The van der Waals surface area contributed by atoms with Gasteiger partial charge in [-0.2, -0.15) is 5.26 Å². The highest BCUT2D eigenvalue weighted by atomic mass is 16.2. The number of hydrogen-bond acceptors (Lipinski definition) is 3. The van der Waals surface area contributed by atoms with Crippen LogP contribution in [0.25, 0.3) is 0 Å². The number of carbonyl (C=O) groups excluding carboxylic acids is 2. The highest BCUT2D eigenvalue weighted by Crippen LogP contribution is 2.31. The molecule has 1 fully saturated rings. The van der Waals surface area contributed by atoms with E-state index in [9.17, 15) is 9.59 Å². The van der Waals surface area contributed by atoms with Crippen molar-refractivity contribution >= 4 is 11.8 Å². The smallest absolute Gasteiger partial charge is 0.240 e. The van der Waals surface area contributed by atoms with Crippen molar-refractivity contribution in [2.75, 3.05) is 13.1 Å². The van der Waals surface area contributed by atoms with Gasteiger partial charge in [-0.25, -0.2) is 0 Å². The lowest BCUT2D eigenvalue weighted by Crippen LogP contribution is -2.41. The summed E-state index contributed by atoms with van der Waals surface area (Å²) in [6, 6.07) is 2.03. The third kappa shape index (κ3) is 2.57. The van der Waals surface area contributed by atoms with Crippen molar-refractivity contribution in [3.8, 4) is 6.07 Å². The number of carbonyl (C=O) groups is 2. The fourth-order valence-electron chi connectivity index (χ4n) is 2.04. The Labute approximate surface area is 102 Å². The van der Waals surface area contributed by atoms with Crippen LogP contribution in [-0.2, 0) is 9.59 Å². The molecule has 0 saturated carbocycles. The quantitative estimate of drug-likeness (QED) is 0.775. The van der Waals surface area contributed by atoms with Crippen molar-refractivity contribution in [2.45, 2.75) is 27.2 Å². The lowest BCUT2D eigenvalue weighted by atomic mass is 9.89. The summed E-state index contributed by atoms with van der Waals surface area (Å²) in [5.74, 6) is -1.23. The van der Waals surface area contributed by atoms with Gasteiger partial charge in [0, 0.05) is 13.1 Å². The number of rotatable bonds is 3. The number of nitrogens with zero attached hydrogens (tertiary/aromatic N) is 2. The summed E-state index contributed by atoms with van der Waals surface area (Å²) in [7, 11) is 0. The number of nitrogens with two attached hydrogens (primary N) is 1. The minimum Gasteiger partial charge on any atom is -0.369 e. The summed E-state index contributed by atoms with van der Waals surface area (Å²) < 4.78 is 0. The van der Waals surface area contributed by atoms with Gasteiger partial charge in [0.15, 0.2) is 0 Å². The minimum absolute atomic E-state index is 0.0204. The molecule has 2 atom stereocenters. The summed E-state index contributed by atoms with van der Waals surface area (Å²) in [6.07, 6.45) is 0.574. The van der Waals surface area contributed by atoms with Gasteiger partial charge in [-0.1, -0.05) is 13.8 Å². The molecule has 17 heavy (non-hydrogen) atoms. The van der Waals surface area contributed by atoms with Crippen LogP contribution in [-0.4, -0.2) is 29.8 Å². The summed E-state index contributed by atoms with van der Waals surface area (Å²) in [6.45, 7) is 6.28. The van der Waals surface area contributed by atoms with Crippen LogP contribution in [0.15, 0.2) is 0 Å². The first-order chi connectivity index (χ1) is 7.81. The predicted octanol–water partition coefficient (Wildman–Crippen LogP) is 0.506. The van der Waals surface area contributed by atoms with Crippen molar-refractivity contribution in [2.24, 2.45) is 23.0 Å². The van der Waals surface area contributed by atoms with E-state index >= 15 is 0 Å². The zero-order valence-electron chi connectivity index (χ0n) is 10.6. The molecule has 0 aromatic carbocycles. The average molecular weight is 237 g/mol. The van der Waals surface area contributed by atoms with Gasteiger partial charge in [0.2, 0.25) is 11.8 Å². The number of primary amides is 1. The van der Waals surface area contributed by atoms with E-state index in [0.717, 1.165) is 0 Å². The first kappa shape index (κ1) is 13.5. The molecule has 1 heterocycles. The van der Waals surface area contributed by atoms with Crippen LogP contribution < -0.4 is 5.73 Å². The van der Waals surface area contributed by atoms with Crippen molar-refractivity contribution in [3.63, 3.8) is 0 Å². The first-order valence-electron chi connectivity index (χ1n) is 5.80. The second kappa shape index (κ2) is 4.74. The molecule has 2 unspecified atom stereocenters. The van der Waals surface area contributed by atoms with E-state index < -0.39 is 11.3 Å². The second-order valence-corrected chi connectivity index (χ2v) is 5.29. The van der Waals surface area contributed by atoms with Crippen LogP contribution in [0, 0.1) is 28.6 Å². The number of hydrogen-bond donors (Lipinski definition) is 1. The van der Waals surface area contributed by atoms with Crippen molar-refractivity contribution < 1.29 is 9.59 Å². The largest absolute Gasteiger partial charge is 0.369 e. The molecule has 1 aliphatic heterocycles. The van der Waals surface area contributed by atoms with E-state index in [1.54, 1.807) is 11.8 Å². The lowest BCUT2D eigenvalue weighted by molar-refractivity contribution is -0.134. The monoisotopic (exact) mass is 237 g/mol. The third-order valence-corrected chi connectivity index (χ3v) is 3.45. The third-order valence-electron chi connectivity index (χ3n) is 3.45. The van der Waals surface area contributed by atoms with Crippen LogP contribution in [0.3, 0.4) is 0 Å². The highest BCUT2D eigenvalue weighted by Gasteiger charge is 2.42. The van der Waals surface area contributed by atoms with Crippen molar-refractivity contribution in [3.05, 3.63) is 0 Å². The fourth-order valence-corrected chi connectivity index (χ4v) is 2.04. The van der Waals surface area contributed by atoms with E-state index in [4.69, 9.17) is 11.0 Å². The molecule has 5 heteroatoms. The van der Waals surface area contributed by atoms with Gasteiger partial charge in [0.25, 0.3) is 0 Å². The zero-order valence-corrected chi connectivity index (χ0v) is 10.6. The molecule has 0 aromatic rings. The zero-order chi connectivity index (χ0) is 13.2. The van der Waals surface area contributed by atoms with Crippen LogP contribution >= 0.6 is 0 Å². The van der Waals surface area contributed by atoms with Gasteiger partial charge in [-0.05, 0) is 19.3 Å². The topological polar surface area (TPSA) is 87.2 Å². The van der Waals surface area contributed by atoms with Crippen molar-refractivity contribution in [1.82, 2.24) is 4.90 Å². The summed E-state index contributed by atoms with van der Waals surface area (Å²) in [5.41, 5.74) is 4.67. The normalized spacial score (nSPS) is 25.7. The van der Waals surface area contributed by atoms with Gasteiger partial charge >= 0.3 is 0 Å². The molecule has 0 bridgehead atoms. The Kier molecular flexibility index (Phi) is 3.76. The number of nitriles is 1. The second-order valence-electron chi connectivity index (χ2n) is 5.29. The van der Waals surface area contributed by atoms with Crippen molar-refractivity contribution in [1.29, 1.82) is 5.26 Å². The summed E-state index contributed by atoms with van der Waals surface area (Å²) in [5, 5.41) is 8.98. The molecule has 0 spiro atoms. The Hall–Kier alpha value is -1.57. The van der Waals surface area contributed by atoms with Gasteiger partial charge in [-0.15, -0.1) is 0 Å². The van der Waals surface area contributed by atoms with E-state index in [1.165, 1.54) is 0 Å². The lowest BCUT2D eigenvalue weighted by Gasteiger charge is -2.23. The first-order valence-corrected chi connectivity index (χ1v) is 5.80. The predicted molar refractivity (Wildman–Crippen MR) is 62.4 cm³/mol. The molecule has 1 aliphatic rings. The Morgan fingerprint density at radius 1 is 1.47 bits per heavy atom. The Morgan fingerprint density at radius 3 is 2.41 bits per heavy atom. The molecule has 0 aromatic heterocycles. The molecule has 1 saturated heterocycles. The molecule has 1 rings (SSSR count). The van der Waals surface area contributed by atoms with E-state index in [-0.39, 0.29) is 17.7 Å². The average Bonchev–Trinajstić information content (AvgIpc) is 2.62. The van der Waals surface area contributed by atoms with Gasteiger partial charge in [-0.3, -0.25) is 9.59 Å². The Balaban J connectivity index is 2.76. The van der Waals surface area contributed by atoms with Gasteiger partial charge in [0.05, 0.1) is 11.5 Å². The van der Waals surface area contributed by atoms with Gasteiger partial charge < -0.3 is 10.6 Å². The summed E-state index contributed by atoms with van der Waals surface area (Å²) in [4.78, 5) is 24.9. The number of likely N-dealkylation sites (tertiary alicyclic amines) is 1. The van der Waals surface area contributed by atoms with Gasteiger partial charge in [0.1, 0.15) is 5.92 Å². The standard InChI is InChI=1S/C12H19N3O2/c1-8(2)9(6-13)10(16)15-5-4-12(3,7-15)11(14)17/h8-9H,4-5,7H2,1-3H3,(H2,14,17). The van der Waals surface area contributed by atoms with E-state index in [2.05, 4.69) is 0 Å². The molecule has 5 nitrogen and oxygen atoms in total. The molecular weight excluding hydrogens is 218 g/mol. The van der Waals surface area contributed by atoms with Crippen LogP contribution in [0.4, 0.5) is 0 Å². The fraction of sp³-hybridized carbons (Fsp3) is 0.750. The van der Waals surface area contributed by atoms with E-state index in [0.29, 0.717) is 19.5 Å². The Bertz CT molecular complexity index is 372. The maximum Gasteiger partial charge on any atom is 0.240 e. The minimum atomic E-state index is -0.646. The van der Waals surface area contributed by atoms with Crippen LogP contribution in [0.2, 0.25) is 0 Å².